The summed E-state index contributed by atoms with van der Waals surface area (Å²) in [5.74, 6) is 0.215. The minimum absolute atomic E-state index is 0.215. The normalized spacial score (nSPS) is 12.5. The number of hydrogen-bond donors (Lipinski definition) is 0. The third-order valence-electron chi connectivity index (χ3n) is 2.73. The Morgan fingerprint density at radius 3 is 2.40 bits per heavy atom. The Morgan fingerprint density at radius 1 is 1.20 bits per heavy atom. The number of rotatable bonds is 5. The molecular formula is C15H21. The predicted molar refractivity (Wildman–Crippen MR) is 68.1 cm³/mol. The third kappa shape index (κ3) is 3.23. The molecule has 0 nitrogen and oxygen atoms in total. The molecule has 1 radical (unpaired) electrons. The van der Waals surface area contributed by atoms with E-state index in [0.717, 1.165) is 12.8 Å². The van der Waals surface area contributed by atoms with Crippen molar-refractivity contribution in [3.05, 3.63) is 54.5 Å². The SMILES string of the molecule is [CH2]C(C=C)c1cc(CC)cc(CCC)c1. The highest BCUT2D eigenvalue weighted by molar-refractivity contribution is 5.34. The molecule has 0 bridgehead atoms. The van der Waals surface area contributed by atoms with Gasteiger partial charge in [-0.3, -0.25) is 0 Å². The second kappa shape index (κ2) is 5.75. The van der Waals surface area contributed by atoms with Gasteiger partial charge in [0.05, 0.1) is 0 Å². The Kier molecular flexibility index (Phi) is 4.61. The lowest BCUT2D eigenvalue weighted by molar-refractivity contribution is 0.909. The van der Waals surface area contributed by atoms with Gasteiger partial charge in [0.2, 0.25) is 0 Å². The van der Waals surface area contributed by atoms with Crippen LogP contribution in [-0.2, 0) is 12.8 Å². The molecule has 0 amide bonds. The molecule has 0 spiro atoms. The lowest BCUT2D eigenvalue weighted by Crippen LogP contribution is -1.95. The van der Waals surface area contributed by atoms with E-state index < -0.39 is 0 Å². The summed E-state index contributed by atoms with van der Waals surface area (Å²) in [4.78, 5) is 0. The average molecular weight is 201 g/mol. The van der Waals surface area contributed by atoms with Gasteiger partial charge in [0.25, 0.3) is 0 Å². The molecule has 15 heavy (non-hydrogen) atoms. The van der Waals surface area contributed by atoms with E-state index >= 15 is 0 Å². The first-order valence-electron chi connectivity index (χ1n) is 5.79. The van der Waals surface area contributed by atoms with Crippen molar-refractivity contribution in [3.8, 4) is 0 Å². The highest BCUT2D eigenvalue weighted by Gasteiger charge is 2.04. The molecule has 0 fully saturated rings. The number of allylic oxidation sites excluding steroid dienone is 1. The zero-order valence-electron chi connectivity index (χ0n) is 9.92. The van der Waals surface area contributed by atoms with Crippen molar-refractivity contribution in [3.63, 3.8) is 0 Å². The monoisotopic (exact) mass is 201 g/mol. The molecule has 0 aliphatic carbocycles. The molecular weight excluding hydrogens is 180 g/mol. The van der Waals surface area contributed by atoms with Crippen LogP contribution in [0.5, 0.6) is 0 Å². The highest BCUT2D eigenvalue weighted by atomic mass is 14.1. The molecule has 0 aromatic heterocycles. The number of benzene rings is 1. The van der Waals surface area contributed by atoms with Crippen LogP contribution < -0.4 is 0 Å². The summed E-state index contributed by atoms with van der Waals surface area (Å²) in [7, 11) is 0. The van der Waals surface area contributed by atoms with E-state index in [1.165, 1.54) is 23.1 Å². The van der Waals surface area contributed by atoms with E-state index in [2.05, 4.69) is 45.5 Å². The van der Waals surface area contributed by atoms with Gasteiger partial charge >= 0.3 is 0 Å². The highest BCUT2D eigenvalue weighted by Crippen LogP contribution is 2.20. The molecule has 0 saturated heterocycles. The summed E-state index contributed by atoms with van der Waals surface area (Å²) >= 11 is 0. The average Bonchev–Trinajstić information content (AvgIpc) is 2.28. The fourth-order valence-electron chi connectivity index (χ4n) is 1.78. The van der Waals surface area contributed by atoms with Crippen molar-refractivity contribution in [2.75, 3.05) is 0 Å². The van der Waals surface area contributed by atoms with Gasteiger partial charge in [0, 0.05) is 5.92 Å². The molecule has 1 aromatic carbocycles. The first-order chi connectivity index (χ1) is 7.21. The Hall–Kier alpha value is -1.04. The Labute approximate surface area is 94.0 Å². The second-order valence-corrected chi connectivity index (χ2v) is 4.03. The molecule has 1 atom stereocenters. The molecule has 1 rings (SSSR count). The van der Waals surface area contributed by atoms with Crippen molar-refractivity contribution < 1.29 is 0 Å². The molecule has 0 aliphatic heterocycles. The summed E-state index contributed by atoms with van der Waals surface area (Å²) in [6.45, 7) is 12.3. The summed E-state index contributed by atoms with van der Waals surface area (Å²) in [6.07, 6.45) is 5.35. The zero-order chi connectivity index (χ0) is 11.3. The van der Waals surface area contributed by atoms with E-state index in [9.17, 15) is 0 Å². The summed E-state index contributed by atoms with van der Waals surface area (Å²) in [5.41, 5.74) is 4.14. The molecule has 0 saturated carbocycles. The smallest absolute Gasteiger partial charge is 0.00158 e. The maximum atomic E-state index is 4.09. The van der Waals surface area contributed by atoms with Crippen LogP contribution in [-0.4, -0.2) is 0 Å². The van der Waals surface area contributed by atoms with Crippen molar-refractivity contribution in [1.82, 2.24) is 0 Å². The quantitative estimate of drug-likeness (QED) is 0.623. The molecule has 1 aromatic rings. The maximum Gasteiger partial charge on any atom is 0.00158 e. The summed E-state index contributed by atoms with van der Waals surface area (Å²) in [6, 6.07) is 6.82. The minimum Gasteiger partial charge on any atom is -0.102 e. The Morgan fingerprint density at radius 2 is 1.87 bits per heavy atom. The number of hydrogen-bond acceptors (Lipinski definition) is 0. The zero-order valence-corrected chi connectivity index (χ0v) is 9.92. The Balaban J connectivity index is 3.04. The lowest BCUT2D eigenvalue weighted by Gasteiger charge is -2.11. The van der Waals surface area contributed by atoms with Crippen LogP contribution in [0.4, 0.5) is 0 Å². The lowest BCUT2D eigenvalue weighted by atomic mass is 9.94. The fraction of sp³-hybridized carbons (Fsp3) is 0.400. The van der Waals surface area contributed by atoms with Gasteiger partial charge in [-0.15, -0.1) is 6.58 Å². The predicted octanol–water partition coefficient (Wildman–Crippen LogP) is 4.31. The van der Waals surface area contributed by atoms with Crippen LogP contribution in [0.25, 0.3) is 0 Å². The van der Waals surface area contributed by atoms with Crippen LogP contribution in [0, 0.1) is 6.92 Å². The van der Waals surface area contributed by atoms with Crippen LogP contribution in [0.2, 0.25) is 0 Å². The van der Waals surface area contributed by atoms with Gasteiger partial charge in [-0.2, -0.15) is 0 Å². The van der Waals surface area contributed by atoms with Gasteiger partial charge in [-0.25, -0.2) is 0 Å². The van der Waals surface area contributed by atoms with E-state index in [1.807, 2.05) is 6.08 Å². The van der Waals surface area contributed by atoms with Crippen LogP contribution >= 0.6 is 0 Å². The van der Waals surface area contributed by atoms with Gasteiger partial charge in [0.1, 0.15) is 0 Å². The molecule has 0 heterocycles. The molecule has 81 valence electrons. The fourth-order valence-corrected chi connectivity index (χ4v) is 1.78. The van der Waals surface area contributed by atoms with Gasteiger partial charge in [0.15, 0.2) is 0 Å². The van der Waals surface area contributed by atoms with Crippen molar-refractivity contribution in [2.24, 2.45) is 0 Å². The molecule has 1 unspecified atom stereocenters. The molecule has 0 aliphatic rings. The van der Waals surface area contributed by atoms with E-state index in [4.69, 9.17) is 0 Å². The van der Waals surface area contributed by atoms with Crippen LogP contribution in [0.1, 0.15) is 42.9 Å². The van der Waals surface area contributed by atoms with Crippen molar-refractivity contribution in [1.29, 1.82) is 0 Å². The summed E-state index contributed by atoms with van der Waals surface area (Å²) in [5, 5.41) is 0. The van der Waals surface area contributed by atoms with Crippen molar-refractivity contribution >= 4 is 0 Å². The molecule has 0 N–H and O–H groups in total. The first kappa shape index (κ1) is 12.0. The van der Waals surface area contributed by atoms with Crippen LogP contribution in [0.3, 0.4) is 0 Å². The maximum absolute atomic E-state index is 4.09. The molecule has 0 heteroatoms. The first-order valence-corrected chi connectivity index (χ1v) is 5.79. The second-order valence-electron chi connectivity index (χ2n) is 4.03. The topological polar surface area (TPSA) is 0 Å². The standard InChI is InChI=1S/C15H21/c1-5-8-14-9-13(7-3)10-15(11-14)12(4)6-2/h6,9-12H,2,4-5,7-8H2,1,3H3. The number of aryl methyl sites for hydroxylation is 2. The van der Waals surface area contributed by atoms with Gasteiger partial charge in [-0.1, -0.05) is 44.5 Å². The third-order valence-corrected chi connectivity index (χ3v) is 2.73. The van der Waals surface area contributed by atoms with Gasteiger partial charge < -0.3 is 0 Å². The largest absolute Gasteiger partial charge is 0.102 e. The summed E-state index contributed by atoms with van der Waals surface area (Å²) < 4.78 is 0. The van der Waals surface area contributed by atoms with E-state index in [1.54, 1.807) is 0 Å². The van der Waals surface area contributed by atoms with E-state index in [-0.39, 0.29) is 5.92 Å². The Bertz CT molecular complexity index is 323. The van der Waals surface area contributed by atoms with E-state index in [0.29, 0.717) is 0 Å². The van der Waals surface area contributed by atoms with Gasteiger partial charge in [-0.05, 0) is 36.5 Å². The minimum atomic E-state index is 0.215. The van der Waals surface area contributed by atoms with Crippen LogP contribution in [0.15, 0.2) is 30.9 Å². The van der Waals surface area contributed by atoms with Crippen molar-refractivity contribution in [2.45, 2.75) is 39.0 Å².